The minimum absolute atomic E-state index is 0.209. The Hall–Kier alpha value is -0.400. The van der Waals surface area contributed by atoms with Crippen molar-refractivity contribution in [1.29, 1.82) is 0 Å². The molecule has 0 saturated heterocycles. The quantitative estimate of drug-likeness (QED) is 0.622. The maximum Gasteiger partial charge on any atom is 0.242 e. The van der Waals surface area contributed by atoms with Gasteiger partial charge in [-0.1, -0.05) is 23.2 Å². The summed E-state index contributed by atoms with van der Waals surface area (Å²) >= 11 is 11.2. The van der Waals surface area contributed by atoms with Crippen LogP contribution in [0.1, 0.15) is 12.8 Å². The lowest BCUT2D eigenvalue weighted by atomic mass is 10.3. The fraction of sp³-hybridized carbons (Fsp3) is 0.455. The number of benzene rings is 1. The van der Waals surface area contributed by atoms with Gasteiger partial charge in [0.1, 0.15) is 4.90 Å². The van der Waals surface area contributed by atoms with E-state index in [1.165, 1.54) is 12.1 Å². The van der Waals surface area contributed by atoms with E-state index in [-0.39, 0.29) is 16.5 Å². The van der Waals surface area contributed by atoms with Crippen molar-refractivity contribution in [3.05, 3.63) is 28.0 Å². The molecule has 1 aromatic rings. The molecule has 1 aliphatic rings. The van der Waals surface area contributed by atoms with E-state index in [0.717, 1.165) is 12.8 Å². The molecule has 2 rings (SSSR count). The molecule has 8 heteroatoms. The Labute approximate surface area is 121 Å². The van der Waals surface area contributed by atoms with Crippen LogP contribution in [-0.2, 0) is 10.0 Å². The van der Waals surface area contributed by atoms with E-state index in [0.29, 0.717) is 12.6 Å². The van der Waals surface area contributed by atoms with Gasteiger partial charge in [0.2, 0.25) is 10.0 Å². The summed E-state index contributed by atoms with van der Waals surface area (Å²) in [4.78, 5) is -0.303. The molecule has 0 spiro atoms. The van der Waals surface area contributed by atoms with Gasteiger partial charge < -0.3 is 5.32 Å². The summed E-state index contributed by atoms with van der Waals surface area (Å²) in [5, 5.41) is 2.46. The predicted molar refractivity (Wildman–Crippen MR) is 72.6 cm³/mol. The summed E-state index contributed by atoms with van der Waals surface area (Å²) < 4.78 is 39.7. The minimum atomic E-state index is -3.83. The van der Waals surface area contributed by atoms with Crippen LogP contribution in [0.3, 0.4) is 0 Å². The van der Waals surface area contributed by atoms with Crippen LogP contribution in [0.25, 0.3) is 0 Å². The third kappa shape index (κ3) is 3.79. The highest BCUT2D eigenvalue weighted by molar-refractivity contribution is 7.89. The van der Waals surface area contributed by atoms with Crippen LogP contribution < -0.4 is 10.0 Å². The summed E-state index contributed by atoms with van der Waals surface area (Å²) in [6.07, 6.45) is 2.25. The highest BCUT2D eigenvalue weighted by atomic mass is 35.5. The highest BCUT2D eigenvalue weighted by Crippen LogP contribution is 2.29. The Balaban J connectivity index is 2.03. The number of hydrogen-bond donors (Lipinski definition) is 2. The first kappa shape index (κ1) is 15.0. The molecule has 2 N–H and O–H groups in total. The number of sulfonamides is 1. The lowest BCUT2D eigenvalue weighted by Gasteiger charge is -2.09. The molecule has 19 heavy (non-hydrogen) atoms. The summed E-state index contributed by atoms with van der Waals surface area (Å²) in [6, 6.07) is 2.85. The van der Waals surface area contributed by atoms with Gasteiger partial charge in [0.25, 0.3) is 0 Å². The zero-order valence-corrected chi connectivity index (χ0v) is 12.2. The molecule has 0 amide bonds. The van der Waals surface area contributed by atoms with Crippen molar-refractivity contribution in [2.24, 2.45) is 0 Å². The van der Waals surface area contributed by atoms with Gasteiger partial charge in [0, 0.05) is 19.1 Å². The third-order valence-corrected chi connectivity index (χ3v) is 4.99. The first-order chi connectivity index (χ1) is 8.92. The SMILES string of the molecule is O=S(=O)(NCCNC1CC1)c1ccc(Cl)c(F)c1Cl. The molecule has 0 radical (unpaired) electrons. The van der Waals surface area contributed by atoms with Gasteiger partial charge in [-0.15, -0.1) is 0 Å². The van der Waals surface area contributed by atoms with Crippen LogP contribution in [0.5, 0.6) is 0 Å². The first-order valence-corrected chi connectivity index (χ1v) is 8.02. The number of hydrogen-bond acceptors (Lipinski definition) is 3. The molecular weight excluding hydrogens is 314 g/mol. The summed E-state index contributed by atoms with van der Waals surface area (Å²) in [5.41, 5.74) is 0. The average molecular weight is 327 g/mol. The van der Waals surface area contributed by atoms with Crippen molar-refractivity contribution in [1.82, 2.24) is 10.0 Å². The molecule has 0 bridgehead atoms. The Bertz CT molecular complexity index is 576. The Kier molecular flexibility index (Phi) is 4.68. The number of nitrogens with one attached hydrogen (secondary N) is 2. The molecule has 4 nitrogen and oxygen atoms in total. The van der Waals surface area contributed by atoms with Crippen LogP contribution >= 0.6 is 23.2 Å². The first-order valence-electron chi connectivity index (χ1n) is 5.78. The largest absolute Gasteiger partial charge is 0.313 e. The van der Waals surface area contributed by atoms with E-state index in [4.69, 9.17) is 23.2 Å². The molecule has 106 valence electrons. The minimum Gasteiger partial charge on any atom is -0.313 e. The van der Waals surface area contributed by atoms with Crippen molar-refractivity contribution in [3.63, 3.8) is 0 Å². The van der Waals surface area contributed by atoms with Crippen LogP contribution in [-0.4, -0.2) is 27.5 Å². The smallest absolute Gasteiger partial charge is 0.242 e. The van der Waals surface area contributed by atoms with Gasteiger partial charge in [-0.3, -0.25) is 0 Å². The second-order valence-corrected chi connectivity index (χ2v) is 6.82. The van der Waals surface area contributed by atoms with Crippen molar-refractivity contribution in [2.45, 2.75) is 23.8 Å². The highest BCUT2D eigenvalue weighted by Gasteiger charge is 2.23. The molecule has 0 aromatic heterocycles. The molecular formula is C11H13Cl2FN2O2S. The normalized spacial score (nSPS) is 15.7. The zero-order valence-electron chi connectivity index (χ0n) is 9.92. The van der Waals surface area contributed by atoms with Crippen LogP contribution in [0.2, 0.25) is 10.0 Å². The fourth-order valence-electron chi connectivity index (χ4n) is 1.54. The lowest BCUT2D eigenvalue weighted by molar-refractivity contribution is 0.572. The van der Waals surface area contributed by atoms with Crippen molar-refractivity contribution < 1.29 is 12.8 Å². The number of rotatable bonds is 6. The summed E-state index contributed by atoms with van der Waals surface area (Å²) in [5.74, 6) is -0.928. The van der Waals surface area contributed by atoms with Crippen LogP contribution in [0, 0.1) is 5.82 Å². The predicted octanol–water partition coefficient (Wildman–Crippen LogP) is 2.16. The van der Waals surface area contributed by atoms with Crippen LogP contribution in [0.15, 0.2) is 17.0 Å². The van der Waals surface area contributed by atoms with Gasteiger partial charge in [-0.2, -0.15) is 0 Å². The second kappa shape index (κ2) is 5.93. The topological polar surface area (TPSA) is 58.2 Å². The molecule has 0 atom stereocenters. The second-order valence-electron chi connectivity index (χ2n) is 4.30. The van der Waals surface area contributed by atoms with E-state index in [1.807, 2.05) is 0 Å². The van der Waals surface area contributed by atoms with Crippen molar-refractivity contribution >= 4 is 33.2 Å². The van der Waals surface area contributed by atoms with E-state index in [1.54, 1.807) is 0 Å². The maximum absolute atomic E-state index is 13.5. The van der Waals surface area contributed by atoms with E-state index in [2.05, 4.69) is 10.0 Å². The van der Waals surface area contributed by atoms with Gasteiger partial charge in [-0.05, 0) is 25.0 Å². The summed E-state index contributed by atoms with van der Waals surface area (Å²) in [6.45, 7) is 0.747. The van der Waals surface area contributed by atoms with Crippen molar-refractivity contribution in [3.8, 4) is 0 Å². The zero-order chi connectivity index (χ0) is 14.0. The van der Waals surface area contributed by atoms with E-state index < -0.39 is 20.9 Å². The summed E-state index contributed by atoms with van der Waals surface area (Å²) in [7, 11) is -3.83. The lowest BCUT2D eigenvalue weighted by Crippen LogP contribution is -2.32. The molecule has 0 unspecified atom stereocenters. The molecule has 1 fully saturated rings. The number of halogens is 3. The molecule has 0 heterocycles. The van der Waals surface area contributed by atoms with Gasteiger partial charge in [0.05, 0.1) is 10.0 Å². The average Bonchev–Trinajstić information content (AvgIpc) is 3.15. The molecule has 1 saturated carbocycles. The van der Waals surface area contributed by atoms with Gasteiger partial charge in [0.15, 0.2) is 5.82 Å². The Morgan fingerprint density at radius 1 is 1.26 bits per heavy atom. The van der Waals surface area contributed by atoms with Crippen molar-refractivity contribution in [2.75, 3.05) is 13.1 Å². The Morgan fingerprint density at radius 3 is 2.58 bits per heavy atom. The molecule has 1 aromatic carbocycles. The van der Waals surface area contributed by atoms with E-state index >= 15 is 0 Å². The third-order valence-electron chi connectivity index (χ3n) is 2.72. The van der Waals surface area contributed by atoms with E-state index in [9.17, 15) is 12.8 Å². The maximum atomic E-state index is 13.5. The van der Waals surface area contributed by atoms with Gasteiger partial charge >= 0.3 is 0 Å². The monoisotopic (exact) mass is 326 g/mol. The molecule has 0 aliphatic heterocycles. The van der Waals surface area contributed by atoms with Gasteiger partial charge in [-0.25, -0.2) is 17.5 Å². The van der Waals surface area contributed by atoms with Crippen LogP contribution in [0.4, 0.5) is 4.39 Å². The molecule has 1 aliphatic carbocycles. The fourth-order valence-corrected chi connectivity index (χ4v) is 3.32. The standard InChI is InChI=1S/C11H13Cl2FN2O2S/c12-8-3-4-9(10(13)11(8)14)19(17,18)16-6-5-15-7-1-2-7/h3-4,7,15-16H,1-2,5-6H2. The Morgan fingerprint density at radius 2 is 1.95 bits per heavy atom.